The van der Waals surface area contributed by atoms with Gasteiger partial charge in [0, 0.05) is 20.1 Å². The van der Waals surface area contributed by atoms with E-state index in [1.54, 1.807) is 16.2 Å². The molecule has 8 heteroatoms. The first-order valence-electron chi connectivity index (χ1n) is 9.83. The third kappa shape index (κ3) is 3.24. The highest BCUT2D eigenvalue weighted by Crippen LogP contribution is 2.33. The molecule has 0 fully saturated rings. The summed E-state index contributed by atoms with van der Waals surface area (Å²) in [5.74, 6) is 2.04. The van der Waals surface area contributed by atoms with Crippen LogP contribution in [-0.2, 0) is 20.1 Å². The number of imidazole rings is 1. The van der Waals surface area contributed by atoms with Crippen molar-refractivity contribution in [3.63, 3.8) is 0 Å². The largest absolute Gasteiger partial charge is 0.454 e. The molecule has 0 atom stereocenters. The van der Waals surface area contributed by atoms with E-state index in [1.165, 1.54) is 4.57 Å². The second kappa shape index (κ2) is 7.62. The van der Waals surface area contributed by atoms with Gasteiger partial charge in [0.05, 0.1) is 0 Å². The lowest BCUT2D eigenvalue weighted by molar-refractivity contribution is 0.174. The summed E-state index contributed by atoms with van der Waals surface area (Å²) in [4.78, 5) is 30.4. The van der Waals surface area contributed by atoms with Crippen LogP contribution in [0.3, 0.4) is 0 Å². The number of aromatic nitrogens is 4. The van der Waals surface area contributed by atoms with Crippen molar-refractivity contribution >= 4 is 23.3 Å². The van der Waals surface area contributed by atoms with Crippen LogP contribution >= 0.6 is 0 Å². The van der Waals surface area contributed by atoms with Gasteiger partial charge in [-0.1, -0.05) is 26.0 Å². The normalized spacial score (nSPS) is 13.1. The van der Waals surface area contributed by atoms with Crippen molar-refractivity contribution in [3.05, 3.63) is 50.4 Å². The van der Waals surface area contributed by atoms with Crippen LogP contribution in [0.2, 0.25) is 0 Å². The number of nitrogens with zero attached hydrogens (tertiary/aromatic N) is 4. The summed E-state index contributed by atoms with van der Waals surface area (Å²) in [6, 6.07) is 5.68. The Morgan fingerprint density at radius 1 is 1.03 bits per heavy atom. The number of aryl methyl sites for hydroxylation is 2. The molecule has 1 aromatic carbocycles. The topological polar surface area (TPSA) is 80.3 Å². The average molecular weight is 396 g/mol. The lowest BCUT2D eigenvalue weighted by atomic mass is 10.2. The quantitative estimate of drug-likeness (QED) is 0.640. The molecule has 1 aliphatic rings. The van der Waals surface area contributed by atoms with Gasteiger partial charge in [-0.2, -0.15) is 0 Å². The first-order valence-corrected chi connectivity index (χ1v) is 9.83. The SMILES string of the molecule is CCCn1c(=O)c2c(nc(C=Cc3ccc4c(c3)OCO4)n2C)n(CCC)c1=O. The monoisotopic (exact) mass is 396 g/mol. The molecule has 0 unspecified atom stereocenters. The minimum atomic E-state index is -0.296. The third-order valence-electron chi connectivity index (χ3n) is 4.99. The van der Waals surface area contributed by atoms with Crippen molar-refractivity contribution in [2.45, 2.75) is 39.8 Å². The van der Waals surface area contributed by atoms with Gasteiger partial charge in [0.25, 0.3) is 5.56 Å². The van der Waals surface area contributed by atoms with Gasteiger partial charge in [0.15, 0.2) is 22.7 Å². The van der Waals surface area contributed by atoms with Crippen LogP contribution in [0.1, 0.15) is 38.1 Å². The highest BCUT2D eigenvalue weighted by atomic mass is 16.7. The van der Waals surface area contributed by atoms with Gasteiger partial charge in [-0.15, -0.1) is 0 Å². The predicted molar refractivity (Wildman–Crippen MR) is 111 cm³/mol. The molecule has 3 heterocycles. The lowest BCUT2D eigenvalue weighted by Crippen LogP contribution is -2.40. The average Bonchev–Trinajstić information content (AvgIpc) is 3.31. The number of fused-ring (bicyclic) bond motifs is 2. The van der Waals surface area contributed by atoms with Crippen LogP contribution in [0.4, 0.5) is 0 Å². The van der Waals surface area contributed by atoms with E-state index in [2.05, 4.69) is 4.98 Å². The van der Waals surface area contributed by atoms with E-state index in [0.29, 0.717) is 42.2 Å². The first-order chi connectivity index (χ1) is 14.0. The molecule has 2 aromatic heterocycles. The fourth-order valence-electron chi connectivity index (χ4n) is 3.56. The molecule has 0 N–H and O–H groups in total. The number of ether oxygens (including phenoxy) is 2. The Morgan fingerprint density at radius 2 is 1.76 bits per heavy atom. The van der Waals surface area contributed by atoms with Crippen molar-refractivity contribution in [1.82, 2.24) is 18.7 Å². The molecule has 0 saturated carbocycles. The van der Waals surface area contributed by atoms with Gasteiger partial charge < -0.3 is 14.0 Å². The van der Waals surface area contributed by atoms with E-state index in [0.717, 1.165) is 17.7 Å². The van der Waals surface area contributed by atoms with Gasteiger partial charge in [0.2, 0.25) is 6.79 Å². The summed E-state index contributed by atoms with van der Waals surface area (Å²) in [6.45, 7) is 5.08. The zero-order chi connectivity index (χ0) is 20.5. The van der Waals surface area contributed by atoms with Gasteiger partial charge in [-0.25, -0.2) is 9.78 Å². The first kappa shape index (κ1) is 19.0. The van der Waals surface area contributed by atoms with Gasteiger partial charge >= 0.3 is 5.69 Å². The Kier molecular flexibility index (Phi) is 5.00. The maximum atomic E-state index is 13.0. The molecule has 0 spiro atoms. The summed E-state index contributed by atoms with van der Waals surface area (Å²) in [7, 11) is 1.80. The number of rotatable bonds is 6. The van der Waals surface area contributed by atoms with E-state index in [1.807, 2.05) is 44.2 Å². The molecule has 0 aliphatic carbocycles. The van der Waals surface area contributed by atoms with Crippen LogP contribution in [0.5, 0.6) is 11.5 Å². The number of hydrogen-bond donors (Lipinski definition) is 0. The summed E-state index contributed by atoms with van der Waals surface area (Å²) in [5, 5.41) is 0. The molecule has 8 nitrogen and oxygen atoms in total. The highest BCUT2D eigenvalue weighted by Gasteiger charge is 2.18. The summed E-state index contributed by atoms with van der Waals surface area (Å²) >= 11 is 0. The zero-order valence-corrected chi connectivity index (χ0v) is 16.8. The molecule has 3 aromatic rings. The van der Waals surface area contributed by atoms with Crippen molar-refractivity contribution in [1.29, 1.82) is 0 Å². The summed E-state index contributed by atoms with van der Waals surface area (Å²) in [5.41, 5.74) is 1.21. The second-order valence-electron chi connectivity index (χ2n) is 7.04. The molecule has 152 valence electrons. The van der Waals surface area contributed by atoms with E-state index >= 15 is 0 Å². The second-order valence-corrected chi connectivity index (χ2v) is 7.04. The van der Waals surface area contributed by atoms with Crippen LogP contribution in [0.25, 0.3) is 23.3 Å². The van der Waals surface area contributed by atoms with E-state index < -0.39 is 0 Å². The summed E-state index contributed by atoms with van der Waals surface area (Å²) < 4.78 is 15.4. The van der Waals surface area contributed by atoms with Crippen LogP contribution in [0.15, 0.2) is 27.8 Å². The number of benzene rings is 1. The minimum absolute atomic E-state index is 0.228. The molecule has 0 radical (unpaired) electrons. The molecule has 4 rings (SSSR count). The molecule has 0 bridgehead atoms. The van der Waals surface area contributed by atoms with Crippen molar-refractivity contribution < 1.29 is 9.47 Å². The van der Waals surface area contributed by atoms with E-state index in [4.69, 9.17) is 9.47 Å². The van der Waals surface area contributed by atoms with Crippen LogP contribution in [0, 0.1) is 0 Å². The Bertz CT molecular complexity index is 1220. The molecule has 29 heavy (non-hydrogen) atoms. The lowest BCUT2D eigenvalue weighted by Gasteiger charge is -2.10. The third-order valence-corrected chi connectivity index (χ3v) is 4.99. The van der Waals surface area contributed by atoms with Crippen molar-refractivity contribution in [2.24, 2.45) is 7.05 Å². The number of hydrogen-bond acceptors (Lipinski definition) is 5. The molecule has 0 saturated heterocycles. The fourth-order valence-corrected chi connectivity index (χ4v) is 3.56. The van der Waals surface area contributed by atoms with Crippen LogP contribution in [-0.4, -0.2) is 25.5 Å². The molecule has 1 aliphatic heterocycles. The molecule has 0 amide bonds. The van der Waals surface area contributed by atoms with E-state index in [9.17, 15) is 9.59 Å². The van der Waals surface area contributed by atoms with Crippen LogP contribution < -0.4 is 20.7 Å². The Hall–Kier alpha value is -3.29. The maximum Gasteiger partial charge on any atom is 0.332 e. The molecular formula is C21H24N4O4. The van der Waals surface area contributed by atoms with Gasteiger partial charge in [0.1, 0.15) is 5.82 Å². The van der Waals surface area contributed by atoms with Gasteiger partial charge in [-0.3, -0.25) is 13.9 Å². The smallest absolute Gasteiger partial charge is 0.332 e. The van der Waals surface area contributed by atoms with Gasteiger partial charge in [-0.05, 0) is 36.6 Å². The Balaban J connectivity index is 1.83. The zero-order valence-electron chi connectivity index (χ0n) is 16.8. The van der Waals surface area contributed by atoms with Crippen molar-refractivity contribution in [3.8, 4) is 11.5 Å². The van der Waals surface area contributed by atoms with Crippen molar-refractivity contribution in [2.75, 3.05) is 6.79 Å². The molecular weight excluding hydrogens is 372 g/mol. The summed E-state index contributed by atoms with van der Waals surface area (Å²) in [6.07, 6.45) is 5.22. The minimum Gasteiger partial charge on any atom is -0.454 e. The highest BCUT2D eigenvalue weighted by molar-refractivity contribution is 5.77. The Morgan fingerprint density at radius 3 is 2.52 bits per heavy atom. The maximum absolute atomic E-state index is 13.0. The standard InChI is InChI=1S/C21H24N4O4/c1-4-10-24-19-18(20(26)25(11-5-2)21(24)27)23(3)17(22-19)9-7-14-6-8-15-16(12-14)29-13-28-15/h6-9,12H,4-5,10-11,13H2,1-3H3. The fraction of sp³-hybridized carbons (Fsp3) is 0.381. The predicted octanol–water partition coefficient (Wildman–Crippen LogP) is 2.62. The van der Waals surface area contributed by atoms with E-state index in [-0.39, 0.29) is 18.0 Å². The Labute approximate surface area is 167 Å².